The van der Waals surface area contributed by atoms with E-state index < -0.39 is 5.41 Å². The average molecular weight is 212 g/mol. The van der Waals surface area contributed by atoms with Crippen molar-refractivity contribution in [2.75, 3.05) is 13.1 Å². The maximum atomic E-state index is 11.4. The van der Waals surface area contributed by atoms with Crippen molar-refractivity contribution in [2.24, 2.45) is 5.41 Å². The van der Waals surface area contributed by atoms with Crippen LogP contribution in [0.1, 0.15) is 27.2 Å². The van der Waals surface area contributed by atoms with Crippen LogP contribution in [-0.2, 0) is 9.59 Å². The van der Waals surface area contributed by atoms with E-state index in [2.05, 4.69) is 17.2 Å². The van der Waals surface area contributed by atoms with E-state index >= 15 is 0 Å². The molecule has 0 aliphatic heterocycles. The largest absolute Gasteiger partial charge is 0.355 e. The van der Waals surface area contributed by atoms with Gasteiger partial charge in [-0.05, 0) is 0 Å². The maximum absolute atomic E-state index is 11.4. The van der Waals surface area contributed by atoms with Crippen molar-refractivity contribution in [3.8, 4) is 0 Å². The Labute approximate surface area is 91.1 Å². The second kappa shape index (κ2) is 6.22. The molecule has 0 rings (SSSR count). The third-order valence-corrected chi connectivity index (χ3v) is 1.76. The predicted octanol–water partition coefficient (Wildman–Crippen LogP) is 0.841. The molecule has 0 heterocycles. The van der Waals surface area contributed by atoms with Crippen molar-refractivity contribution in [2.45, 2.75) is 27.2 Å². The normalized spacial score (nSPS) is 10.6. The molecule has 0 unspecified atom stereocenters. The summed E-state index contributed by atoms with van der Waals surface area (Å²) in [4.78, 5) is 22.5. The van der Waals surface area contributed by atoms with Gasteiger partial charge in [0.05, 0.1) is 0 Å². The topological polar surface area (TPSA) is 58.2 Å². The fraction of sp³-hybridized carbons (Fsp3) is 0.636. The first kappa shape index (κ1) is 13.7. The Morgan fingerprint density at radius 3 is 2.33 bits per heavy atom. The molecule has 2 N–H and O–H groups in total. The van der Waals surface area contributed by atoms with Gasteiger partial charge in [0.1, 0.15) is 0 Å². The van der Waals surface area contributed by atoms with E-state index in [1.54, 1.807) is 6.08 Å². The summed E-state index contributed by atoms with van der Waals surface area (Å²) in [6.45, 7) is 9.83. The van der Waals surface area contributed by atoms with Gasteiger partial charge < -0.3 is 10.6 Å². The number of rotatable bonds is 5. The van der Waals surface area contributed by atoms with E-state index in [4.69, 9.17) is 0 Å². The molecule has 0 atom stereocenters. The Hall–Kier alpha value is -1.32. The van der Waals surface area contributed by atoms with Gasteiger partial charge >= 0.3 is 0 Å². The molecule has 0 aromatic rings. The first-order chi connectivity index (χ1) is 6.88. The van der Waals surface area contributed by atoms with E-state index in [0.717, 1.165) is 0 Å². The zero-order chi connectivity index (χ0) is 11.9. The number of nitrogens with one attached hydrogen (secondary N) is 2. The van der Waals surface area contributed by atoms with Crippen LogP contribution in [0.2, 0.25) is 0 Å². The summed E-state index contributed by atoms with van der Waals surface area (Å²) in [6.07, 6.45) is 1.92. The van der Waals surface area contributed by atoms with Crippen LogP contribution < -0.4 is 10.6 Å². The van der Waals surface area contributed by atoms with Gasteiger partial charge in [-0.2, -0.15) is 0 Å². The summed E-state index contributed by atoms with van der Waals surface area (Å²) < 4.78 is 0. The minimum absolute atomic E-state index is 0.0426. The minimum Gasteiger partial charge on any atom is -0.355 e. The lowest BCUT2D eigenvalue weighted by Gasteiger charge is -2.17. The zero-order valence-electron chi connectivity index (χ0n) is 9.72. The van der Waals surface area contributed by atoms with Crippen LogP contribution in [0.5, 0.6) is 0 Å². The van der Waals surface area contributed by atoms with Crippen LogP contribution in [0.25, 0.3) is 0 Å². The van der Waals surface area contributed by atoms with Gasteiger partial charge in [-0.15, -0.1) is 6.58 Å². The van der Waals surface area contributed by atoms with Crippen LogP contribution in [-0.4, -0.2) is 24.9 Å². The SMILES string of the molecule is C=CCNC(=O)CCNC(=O)C(C)(C)C. The summed E-state index contributed by atoms with van der Waals surface area (Å²) >= 11 is 0. The molecule has 4 nitrogen and oxygen atoms in total. The molecule has 0 saturated carbocycles. The van der Waals surface area contributed by atoms with Crippen molar-refractivity contribution < 1.29 is 9.59 Å². The molecular weight excluding hydrogens is 192 g/mol. The fourth-order valence-electron chi connectivity index (χ4n) is 0.829. The van der Waals surface area contributed by atoms with Crippen LogP contribution in [0, 0.1) is 5.41 Å². The quantitative estimate of drug-likeness (QED) is 0.663. The summed E-state index contributed by atoms with van der Waals surface area (Å²) in [5.74, 6) is -0.122. The molecule has 0 bridgehead atoms. The highest BCUT2D eigenvalue weighted by Crippen LogP contribution is 2.11. The smallest absolute Gasteiger partial charge is 0.225 e. The number of amides is 2. The van der Waals surface area contributed by atoms with Gasteiger partial charge in [0.15, 0.2) is 0 Å². The number of carbonyl (C=O) groups excluding carboxylic acids is 2. The summed E-state index contributed by atoms with van der Waals surface area (Å²) in [5.41, 5.74) is -0.405. The molecule has 0 aromatic heterocycles. The van der Waals surface area contributed by atoms with Crippen molar-refractivity contribution >= 4 is 11.8 Å². The molecule has 15 heavy (non-hydrogen) atoms. The van der Waals surface area contributed by atoms with E-state index in [0.29, 0.717) is 19.5 Å². The molecule has 4 heteroatoms. The Bertz CT molecular complexity index is 241. The Morgan fingerprint density at radius 1 is 1.27 bits per heavy atom. The third-order valence-electron chi connectivity index (χ3n) is 1.76. The van der Waals surface area contributed by atoms with E-state index in [-0.39, 0.29) is 11.8 Å². The van der Waals surface area contributed by atoms with Crippen molar-refractivity contribution in [3.63, 3.8) is 0 Å². The van der Waals surface area contributed by atoms with Gasteiger partial charge in [-0.1, -0.05) is 26.8 Å². The van der Waals surface area contributed by atoms with Gasteiger partial charge in [-0.25, -0.2) is 0 Å². The van der Waals surface area contributed by atoms with Crippen LogP contribution in [0.4, 0.5) is 0 Å². The summed E-state index contributed by atoms with van der Waals surface area (Å²) in [5, 5.41) is 5.34. The van der Waals surface area contributed by atoms with Crippen LogP contribution >= 0.6 is 0 Å². The first-order valence-electron chi connectivity index (χ1n) is 5.04. The predicted molar refractivity (Wildman–Crippen MR) is 60.3 cm³/mol. The average Bonchev–Trinajstić information content (AvgIpc) is 2.13. The summed E-state index contributed by atoms with van der Waals surface area (Å²) in [6, 6.07) is 0. The van der Waals surface area contributed by atoms with Crippen molar-refractivity contribution in [1.82, 2.24) is 10.6 Å². The molecule has 0 aromatic carbocycles. The van der Waals surface area contributed by atoms with Crippen molar-refractivity contribution in [1.29, 1.82) is 0 Å². The molecule has 86 valence electrons. The molecule has 0 fully saturated rings. The maximum Gasteiger partial charge on any atom is 0.225 e. The number of carbonyl (C=O) groups is 2. The summed E-state index contributed by atoms with van der Waals surface area (Å²) in [7, 11) is 0. The highest BCUT2D eigenvalue weighted by molar-refractivity contribution is 5.82. The molecule has 0 aliphatic carbocycles. The van der Waals surface area contributed by atoms with Gasteiger partial charge in [-0.3, -0.25) is 9.59 Å². The Balaban J connectivity index is 3.66. The van der Waals surface area contributed by atoms with Crippen LogP contribution in [0.3, 0.4) is 0 Å². The lowest BCUT2D eigenvalue weighted by atomic mass is 9.96. The van der Waals surface area contributed by atoms with Gasteiger partial charge in [0, 0.05) is 24.9 Å². The Morgan fingerprint density at radius 2 is 1.87 bits per heavy atom. The van der Waals surface area contributed by atoms with Crippen LogP contribution in [0.15, 0.2) is 12.7 Å². The van der Waals surface area contributed by atoms with E-state index in [1.807, 2.05) is 20.8 Å². The highest BCUT2D eigenvalue weighted by Gasteiger charge is 2.20. The lowest BCUT2D eigenvalue weighted by molar-refractivity contribution is -0.128. The fourth-order valence-corrected chi connectivity index (χ4v) is 0.829. The molecule has 0 spiro atoms. The molecule has 0 radical (unpaired) electrons. The van der Waals surface area contributed by atoms with Gasteiger partial charge in [0.2, 0.25) is 11.8 Å². The number of hydrogen-bond donors (Lipinski definition) is 2. The van der Waals surface area contributed by atoms with E-state index in [1.165, 1.54) is 0 Å². The van der Waals surface area contributed by atoms with Gasteiger partial charge in [0.25, 0.3) is 0 Å². The van der Waals surface area contributed by atoms with Crippen molar-refractivity contribution in [3.05, 3.63) is 12.7 Å². The second-order valence-corrected chi connectivity index (χ2v) is 4.35. The molecular formula is C11H20N2O2. The third kappa shape index (κ3) is 6.71. The zero-order valence-corrected chi connectivity index (χ0v) is 9.72. The lowest BCUT2D eigenvalue weighted by Crippen LogP contribution is -2.37. The standard InChI is InChI=1S/C11H20N2O2/c1-5-7-12-9(14)6-8-13-10(15)11(2,3)4/h5H,1,6-8H2,2-4H3,(H,12,14)(H,13,15). The highest BCUT2D eigenvalue weighted by atomic mass is 16.2. The van der Waals surface area contributed by atoms with E-state index in [9.17, 15) is 9.59 Å². The molecule has 0 saturated heterocycles. The monoisotopic (exact) mass is 212 g/mol. The number of hydrogen-bond acceptors (Lipinski definition) is 2. The Kier molecular flexibility index (Phi) is 5.67. The minimum atomic E-state index is -0.405. The first-order valence-corrected chi connectivity index (χ1v) is 5.04. The molecule has 2 amide bonds. The molecule has 0 aliphatic rings. The second-order valence-electron chi connectivity index (χ2n) is 4.35.